The van der Waals surface area contributed by atoms with Gasteiger partial charge in [-0.1, -0.05) is 36.4 Å². The molecule has 6 heteroatoms. The van der Waals surface area contributed by atoms with Gasteiger partial charge in [-0.2, -0.15) is 13.2 Å². The average Bonchev–Trinajstić information content (AvgIpc) is 2.61. The van der Waals surface area contributed by atoms with E-state index in [4.69, 9.17) is 0 Å². The molecule has 0 spiro atoms. The molecule has 24 heavy (non-hydrogen) atoms. The van der Waals surface area contributed by atoms with Crippen molar-refractivity contribution in [1.82, 2.24) is 9.97 Å². The first-order valence-corrected chi connectivity index (χ1v) is 7.30. The van der Waals surface area contributed by atoms with Crippen LogP contribution in [0.15, 0.2) is 73.1 Å². The van der Waals surface area contributed by atoms with Crippen LogP contribution in [0.3, 0.4) is 0 Å². The summed E-state index contributed by atoms with van der Waals surface area (Å²) in [6.45, 7) is 0. The molecule has 0 saturated carbocycles. The molecule has 0 radical (unpaired) electrons. The number of alkyl halides is 3. The number of nitrogens with one attached hydrogen (secondary N) is 1. The Labute approximate surface area is 137 Å². The molecule has 0 aliphatic heterocycles. The van der Waals surface area contributed by atoms with Crippen LogP contribution in [-0.4, -0.2) is 9.97 Å². The van der Waals surface area contributed by atoms with Crippen LogP contribution in [0.25, 0.3) is 0 Å². The smallest absolute Gasteiger partial charge is 0.357 e. The number of hydrogen-bond donors (Lipinski definition) is 1. The molecule has 3 rings (SSSR count). The fourth-order valence-electron chi connectivity index (χ4n) is 2.41. The van der Waals surface area contributed by atoms with E-state index < -0.39 is 17.8 Å². The first kappa shape index (κ1) is 16.0. The maximum atomic E-state index is 13.2. The topological polar surface area (TPSA) is 37.8 Å². The lowest BCUT2D eigenvalue weighted by atomic mass is 10.0. The Kier molecular flexibility index (Phi) is 4.46. The average molecular weight is 329 g/mol. The Morgan fingerprint density at radius 3 is 2.17 bits per heavy atom. The number of benzene rings is 1. The Balaban J connectivity index is 2.03. The molecule has 3 nitrogen and oxygen atoms in total. The lowest BCUT2D eigenvalue weighted by Crippen LogP contribution is -2.18. The highest BCUT2D eigenvalue weighted by Gasteiger charge is 2.34. The summed E-state index contributed by atoms with van der Waals surface area (Å²) in [6.07, 6.45) is -1.55. The van der Waals surface area contributed by atoms with Gasteiger partial charge >= 0.3 is 6.18 Å². The zero-order valence-electron chi connectivity index (χ0n) is 12.5. The van der Waals surface area contributed by atoms with Crippen molar-refractivity contribution in [3.05, 3.63) is 89.9 Å². The van der Waals surface area contributed by atoms with Crippen LogP contribution >= 0.6 is 0 Å². The van der Waals surface area contributed by atoms with E-state index in [1.165, 1.54) is 12.3 Å². The fourth-order valence-corrected chi connectivity index (χ4v) is 2.41. The first-order valence-electron chi connectivity index (χ1n) is 7.30. The van der Waals surface area contributed by atoms with E-state index in [0.717, 1.165) is 11.6 Å². The molecule has 0 aliphatic rings. The molecular weight excluding hydrogens is 315 g/mol. The molecule has 0 fully saturated rings. The van der Waals surface area contributed by atoms with Crippen LogP contribution in [0.5, 0.6) is 0 Å². The second-order valence-corrected chi connectivity index (χ2v) is 5.14. The van der Waals surface area contributed by atoms with Crippen molar-refractivity contribution in [3.8, 4) is 0 Å². The number of aromatic nitrogens is 2. The van der Waals surface area contributed by atoms with Gasteiger partial charge in [0.2, 0.25) is 0 Å². The normalized spacial score (nSPS) is 12.6. The Morgan fingerprint density at radius 1 is 0.792 bits per heavy atom. The van der Waals surface area contributed by atoms with Crippen molar-refractivity contribution in [2.45, 2.75) is 12.2 Å². The summed E-state index contributed by atoms with van der Waals surface area (Å²) in [7, 11) is 0. The number of nitrogens with zero attached hydrogens (tertiary/aromatic N) is 2. The van der Waals surface area contributed by atoms with Gasteiger partial charge in [-0.05, 0) is 29.8 Å². The highest BCUT2D eigenvalue weighted by molar-refractivity contribution is 5.49. The predicted molar refractivity (Wildman–Crippen MR) is 85.4 cm³/mol. The molecule has 1 unspecified atom stereocenters. The molecule has 0 bridgehead atoms. The van der Waals surface area contributed by atoms with Gasteiger partial charge in [-0.3, -0.25) is 4.98 Å². The Bertz CT molecular complexity index is 750. The Hall–Kier alpha value is -2.89. The van der Waals surface area contributed by atoms with Gasteiger partial charge in [0.15, 0.2) is 0 Å². The van der Waals surface area contributed by atoms with Gasteiger partial charge in [-0.15, -0.1) is 0 Å². The molecule has 1 aromatic carbocycles. The van der Waals surface area contributed by atoms with Gasteiger partial charge in [0.1, 0.15) is 5.82 Å². The van der Waals surface area contributed by atoms with E-state index >= 15 is 0 Å². The van der Waals surface area contributed by atoms with Crippen LogP contribution in [0.4, 0.5) is 19.0 Å². The van der Waals surface area contributed by atoms with Gasteiger partial charge in [0.05, 0.1) is 17.3 Å². The summed E-state index contributed by atoms with van der Waals surface area (Å²) in [6, 6.07) is 16.2. The van der Waals surface area contributed by atoms with Crippen molar-refractivity contribution in [3.63, 3.8) is 0 Å². The number of halogens is 3. The highest BCUT2D eigenvalue weighted by Crippen LogP contribution is 2.35. The van der Waals surface area contributed by atoms with Gasteiger partial charge in [0.25, 0.3) is 0 Å². The molecule has 2 aromatic heterocycles. The number of anilines is 1. The van der Waals surface area contributed by atoms with Crippen molar-refractivity contribution < 1.29 is 13.2 Å². The quantitative estimate of drug-likeness (QED) is 0.754. The third-order valence-corrected chi connectivity index (χ3v) is 3.51. The first-order chi connectivity index (χ1) is 11.6. The minimum Gasteiger partial charge on any atom is -0.357 e. The minimum atomic E-state index is -4.48. The summed E-state index contributed by atoms with van der Waals surface area (Å²) in [5.41, 5.74) is 0.610. The Morgan fingerprint density at radius 2 is 1.50 bits per heavy atom. The fraction of sp³-hybridized carbons (Fsp3) is 0.111. The summed E-state index contributed by atoms with van der Waals surface area (Å²) in [5, 5.41) is 2.89. The standard InChI is InChI=1S/C18H14F3N3/c19-18(20,21)14-9-6-12-23-17(14)24-16(13-7-2-1-3-8-13)15-10-4-5-11-22-15/h1-12,16H,(H,23,24). The summed E-state index contributed by atoms with van der Waals surface area (Å²) in [4.78, 5) is 8.15. The van der Waals surface area contributed by atoms with Gasteiger partial charge in [0, 0.05) is 12.4 Å². The zero-order valence-corrected chi connectivity index (χ0v) is 12.5. The predicted octanol–water partition coefficient (Wildman–Crippen LogP) is 4.70. The van der Waals surface area contributed by atoms with Crippen LogP contribution in [0.2, 0.25) is 0 Å². The lowest BCUT2D eigenvalue weighted by Gasteiger charge is -2.21. The van der Waals surface area contributed by atoms with E-state index in [1.807, 2.05) is 30.3 Å². The molecule has 2 heterocycles. The van der Waals surface area contributed by atoms with Gasteiger partial charge < -0.3 is 5.32 Å². The van der Waals surface area contributed by atoms with Crippen LogP contribution < -0.4 is 5.32 Å². The molecule has 0 aliphatic carbocycles. The summed E-state index contributed by atoms with van der Waals surface area (Å²) >= 11 is 0. The summed E-state index contributed by atoms with van der Waals surface area (Å²) < 4.78 is 39.6. The SMILES string of the molecule is FC(F)(F)c1cccnc1NC(c1ccccc1)c1ccccn1. The molecule has 1 atom stereocenters. The molecule has 122 valence electrons. The third-order valence-electron chi connectivity index (χ3n) is 3.51. The van der Waals surface area contributed by atoms with E-state index in [2.05, 4.69) is 15.3 Å². The maximum absolute atomic E-state index is 13.2. The number of pyridine rings is 2. The van der Waals surface area contributed by atoms with Gasteiger partial charge in [-0.25, -0.2) is 4.98 Å². The molecule has 0 amide bonds. The van der Waals surface area contributed by atoms with Crippen LogP contribution in [-0.2, 0) is 6.18 Å². The lowest BCUT2D eigenvalue weighted by molar-refractivity contribution is -0.137. The monoisotopic (exact) mass is 329 g/mol. The summed E-state index contributed by atoms with van der Waals surface area (Å²) in [5.74, 6) is -0.218. The maximum Gasteiger partial charge on any atom is 0.419 e. The van der Waals surface area contributed by atoms with Crippen molar-refractivity contribution in [2.75, 3.05) is 5.32 Å². The second-order valence-electron chi connectivity index (χ2n) is 5.14. The third kappa shape index (κ3) is 3.53. The van der Waals surface area contributed by atoms with Crippen LogP contribution in [0, 0.1) is 0 Å². The zero-order chi connectivity index (χ0) is 17.0. The van der Waals surface area contributed by atoms with Crippen molar-refractivity contribution in [2.24, 2.45) is 0 Å². The van der Waals surface area contributed by atoms with Crippen molar-refractivity contribution >= 4 is 5.82 Å². The largest absolute Gasteiger partial charge is 0.419 e. The van der Waals surface area contributed by atoms with Crippen LogP contribution in [0.1, 0.15) is 22.9 Å². The minimum absolute atomic E-state index is 0.218. The highest BCUT2D eigenvalue weighted by atomic mass is 19.4. The molecule has 3 aromatic rings. The van der Waals surface area contributed by atoms with E-state index in [0.29, 0.717) is 5.69 Å². The van der Waals surface area contributed by atoms with Crippen molar-refractivity contribution in [1.29, 1.82) is 0 Å². The van der Waals surface area contributed by atoms with E-state index in [1.54, 1.807) is 24.4 Å². The molecular formula is C18H14F3N3. The molecule has 0 saturated heterocycles. The van der Waals surface area contributed by atoms with E-state index in [-0.39, 0.29) is 5.82 Å². The number of hydrogen-bond acceptors (Lipinski definition) is 3. The molecule has 1 N–H and O–H groups in total. The number of rotatable bonds is 4. The second kappa shape index (κ2) is 6.70. The van der Waals surface area contributed by atoms with E-state index in [9.17, 15) is 13.2 Å².